The molecule has 0 amide bonds. The van der Waals surface area contributed by atoms with Gasteiger partial charge in [0.2, 0.25) is 0 Å². The molecule has 0 spiro atoms. The molecule has 0 saturated carbocycles. The van der Waals surface area contributed by atoms with Gasteiger partial charge in [0.15, 0.2) is 0 Å². The Morgan fingerprint density at radius 3 is 2.71 bits per heavy atom. The van der Waals surface area contributed by atoms with Crippen LogP contribution in [-0.2, 0) is 4.74 Å². The van der Waals surface area contributed by atoms with E-state index in [1.54, 1.807) is 0 Å². The molecule has 2 heterocycles. The summed E-state index contributed by atoms with van der Waals surface area (Å²) < 4.78 is 5.34. The molecule has 0 aromatic rings. The highest BCUT2D eigenvalue weighted by Crippen LogP contribution is 2.29. The molecule has 0 radical (unpaired) electrons. The molecule has 2 aliphatic rings. The van der Waals surface area contributed by atoms with Crippen molar-refractivity contribution in [3.8, 4) is 0 Å². The Bertz CT molecular complexity index is 191. The fraction of sp³-hybridized carbons (Fsp3) is 1.00. The fourth-order valence-electron chi connectivity index (χ4n) is 2.31. The summed E-state index contributed by atoms with van der Waals surface area (Å²) in [4.78, 5) is 2.35. The predicted molar refractivity (Wildman–Crippen MR) is 55.2 cm³/mol. The molecular formula is C11H21NO2. The molecule has 82 valence electrons. The number of likely N-dealkylation sites (tertiary alicyclic amines) is 1. The molecule has 0 aromatic carbocycles. The van der Waals surface area contributed by atoms with Gasteiger partial charge in [0.1, 0.15) is 0 Å². The van der Waals surface area contributed by atoms with Crippen LogP contribution in [0.5, 0.6) is 0 Å². The lowest BCUT2D eigenvalue weighted by molar-refractivity contribution is -0.131. The lowest BCUT2D eigenvalue weighted by Crippen LogP contribution is -2.65. The SMILES string of the molecule is CC(C)C1(O)CN(CC2CCOC2)C1. The summed E-state index contributed by atoms with van der Waals surface area (Å²) in [5.41, 5.74) is -0.417. The average Bonchev–Trinajstić information content (AvgIpc) is 2.53. The van der Waals surface area contributed by atoms with E-state index >= 15 is 0 Å². The first-order valence-corrected chi connectivity index (χ1v) is 5.62. The van der Waals surface area contributed by atoms with Gasteiger partial charge in [-0.15, -0.1) is 0 Å². The van der Waals surface area contributed by atoms with Crippen LogP contribution < -0.4 is 0 Å². The van der Waals surface area contributed by atoms with Crippen molar-refractivity contribution in [1.29, 1.82) is 0 Å². The number of β-amino-alcohol motifs (C(OH)–C–C–N with tert-alkyl or cyclic N) is 1. The van der Waals surface area contributed by atoms with E-state index in [0.717, 1.165) is 32.8 Å². The molecule has 2 saturated heterocycles. The van der Waals surface area contributed by atoms with E-state index in [-0.39, 0.29) is 0 Å². The van der Waals surface area contributed by atoms with Crippen LogP contribution in [0.3, 0.4) is 0 Å². The Hall–Kier alpha value is -0.120. The molecule has 1 N–H and O–H groups in total. The van der Waals surface area contributed by atoms with Crippen molar-refractivity contribution in [3.05, 3.63) is 0 Å². The zero-order chi connectivity index (χ0) is 10.2. The molecule has 2 aliphatic heterocycles. The average molecular weight is 199 g/mol. The van der Waals surface area contributed by atoms with Crippen LogP contribution >= 0.6 is 0 Å². The fourth-order valence-corrected chi connectivity index (χ4v) is 2.31. The monoisotopic (exact) mass is 199 g/mol. The van der Waals surface area contributed by atoms with Crippen molar-refractivity contribution in [3.63, 3.8) is 0 Å². The van der Waals surface area contributed by atoms with Gasteiger partial charge in [-0.25, -0.2) is 0 Å². The Morgan fingerprint density at radius 1 is 1.50 bits per heavy atom. The zero-order valence-electron chi connectivity index (χ0n) is 9.20. The van der Waals surface area contributed by atoms with Crippen LogP contribution in [0.15, 0.2) is 0 Å². The first-order valence-electron chi connectivity index (χ1n) is 5.62. The Kier molecular flexibility index (Phi) is 2.82. The van der Waals surface area contributed by atoms with E-state index < -0.39 is 5.60 Å². The second-order valence-electron chi connectivity index (χ2n) is 5.16. The highest BCUT2D eigenvalue weighted by molar-refractivity contribution is 4.98. The summed E-state index contributed by atoms with van der Waals surface area (Å²) in [6.07, 6.45) is 1.19. The first kappa shape index (κ1) is 10.4. The highest BCUT2D eigenvalue weighted by Gasteiger charge is 2.44. The third kappa shape index (κ3) is 1.95. The number of ether oxygens (including phenoxy) is 1. The predicted octanol–water partition coefficient (Wildman–Crippen LogP) is 0.726. The largest absolute Gasteiger partial charge is 0.387 e. The van der Waals surface area contributed by atoms with Crippen LogP contribution in [0.1, 0.15) is 20.3 Å². The van der Waals surface area contributed by atoms with Gasteiger partial charge >= 0.3 is 0 Å². The third-order valence-corrected chi connectivity index (χ3v) is 3.61. The lowest BCUT2D eigenvalue weighted by atomic mass is 9.82. The molecule has 1 unspecified atom stereocenters. The number of hydrogen-bond acceptors (Lipinski definition) is 3. The maximum Gasteiger partial charge on any atom is 0.0922 e. The minimum Gasteiger partial charge on any atom is -0.387 e. The minimum absolute atomic E-state index is 0.374. The molecule has 14 heavy (non-hydrogen) atoms. The van der Waals surface area contributed by atoms with Gasteiger partial charge in [-0.05, 0) is 18.3 Å². The summed E-state index contributed by atoms with van der Waals surface area (Å²) in [5.74, 6) is 1.07. The second kappa shape index (κ2) is 3.80. The van der Waals surface area contributed by atoms with E-state index in [0.29, 0.717) is 11.8 Å². The van der Waals surface area contributed by atoms with Crippen molar-refractivity contribution < 1.29 is 9.84 Å². The first-order chi connectivity index (χ1) is 6.60. The number of hydrogen-bond donors (Lipinski definition) is 1. The van der Waals surface area contributed by atoms with Crippen LogP contribution in [0.4, 0.5) is 0 Å². The molecule has 0 aromatic heterocycles. The standard InChI is InChI=1S/C11H21NO2/c1-9(2)11(13)7-12(8-11)5-10-3-4-14-6-10/h9-10,13H,3-8H2,1-2H3. The maximum absolute atomic E-state index is 10.1. The lowest BCUT2D eigenvalue weighted by Gasteiger charge is -2.49. The molecule has 2 fully saturated rings. The molecule has 2 rings (SSSR count). The van der Waals surface area contributed by atoms with Crippen molar-refractivity contribution in [2.75, 3.05) is 32.8 Å². The second-order valence-corrected chi connectivity index (χ2v) is 5.16. The van der Waals surface area contributed by atoms with E-state index in [4.69, 9.17) is 4.74 Å². The number of nitrogens with zero attached hydrogens (tertiary/aromatic N) is 1. The van der Waals surface area contributed by atoms with Gasteiger partial charge in [0, 0.05) is 26.2 Å². The van der Waals surface area contributed by atoms with E-state index in [2.05, 4.69) is 18.7 Å². The summed E-state index contributed by atoms with van der Waals surface area (Å²) in [6.45, 7) is 8.83. The molecular weight excluding hydrogens is 178 g/mol. The molecule has 0 bridgehead atoms. The third-order valence-electron chi connectivity index (χ3n) is 3.61. The maximum atomic E-state index is 10.1. The Morgan fingerprint density at radius 2 is 2.21 bits per heavy atom. The smallest absolute Gasteiger partial charge is 0.0922 e. The normalized spacial score (nSPS) is 32.1. The van der Waals surface area contributed by atoms with Crippen LogP contribution in [-0.4, -0.2) is 48.5 Å². The topological polar surface area (TPSA) is 32.7 Å². The Labute approximate surface area is 86.0 Å². The molecule has 0 aliphatic carbocycles. The highest BCUT2D eigenvalue weighted by atomic mass is 16.5. The van der Waals surface area contributed by atoms with Crippen molar-refractivity contribution in [2.45, 2.75) is 25.9 Å². The molecule has 3 nitrogen and oxygen atoms in total. The van der Waals surface area contributed by atoms with Crippen LogP contribution in [0.2, 0.25) is 0 Å². The summed E-state index contributed by atoms with van der Waals surface area (Å²) in [5, 5.41) is 10.1. The molecule has 1 atom stereocenters. The van der Waals surface area contributed by atoms with Crippen molar-refractivity contribution in [1.82, 2.24) is 4.90 Å². The minimum atomic E-state index is -0.417. The summed E-state index contributed by atoms with van der Waals surface area (Å²) >= 11 is 0. The van der Waals surface area contributed by atoms with Gasteiger partial charge < -0.3 is 9.84 Å². The number of aliphatic hydroxyl groups is 1. The zero-order valence-corrected chi connectivity index (χ0v) is 9.20. The van der Waals surface area contributed by atoms with Crippen molar-refractivity contribution in [2.24, 2.45) is 11.8 Å². The number of rotatable bonds is 3. The van der Waals surface area contributed by atoms with E-state index in [9.17, 15) is 5.11 Å². The quantitative estimate of drug-likeness (QED) is 0.727. The van der Waals surface area contributed by atoms with Crippen LogP contribution in [0, 0.1) is 11.8 Å². The van der Waals surface area contributed by atoms with Crippen LogP contribution in [0.25, 0.3) is 0 Å². The van der Waals surface area contributed by atoms with E-state index in [1.165, 1.54) is 6.42 Å². The van der Waals surface area contributed by atoms with E-state index in [1.807, 2.05) is 0 Å². The van der Waals surface area contributed by atoms with Gasteiger partial charge in [0.05, 0.1) is 12.2 Å². The van der Waals surface area contributed by atoms with Gasteiger partial charge in [-0.2, -0.15) is 0 Å². The molecule has 3 heteroatoms. The van der Waals surface area contributed by atoms with Crippen molar-refractivity contribution >= 4 is 0 Å². The van der Waals surface area contributed by atoms with Gasteiger partial charge in [-0.1, -0.05) is 13.8 Å². The summed E-state index contributed by atoms with van der Waals surface area (Å²) in [7, 11) is 0. The van der Waals surface area contributed by atoms with Gasteiger partial charge in [0.25, 0.3) is 0 Å². The summed E-state index contributed by atoms with van der Waals surface area (Å²) in [6, 6.07) is 0. The Balaban J connectivity index is 1.72. The van der Waals surface area contributed by atoms with Gasteiger partial charge in [-0.3, -0.25) is 4.90 Å².